The van der Waals surface area contributed by atoms with E-state index in [1.54, 1.807) is 0 Å². The van der Waals surface area contributed by atoms with Crippen LogP contribution in [0.3, 0.4) is 0 Å². The molecule has 1 aliphatic heterocycles. The van der Waals surface area contributed by atoms with Crippen LogP contribution in [0.15, 0.2) is 84.9 Å². The second kappa shape index (κ2) is 9.68. The maximum absolute atomic E-state index is 14.2. The second-order valence-corrected chi connectivity index (χ2v) is 9.00. The number of benzene rings is 3. The summed E-state index contributed by atoms with van der Waals surface area (Å²) in [7, 11) is 0. The van der Waals surface area contributed by atoms with Crippen molar-refractivity contribution in [3.8, 4) is 0 Å². The SMILES string of the molecule is Cc1cccc(Cn2c(C(=O)C(c3ccccc3)c3ccccc3)nc3c2CC(C(=O)O)NC3)c1. The number of carboxylic acids is 1. The van der Waals surface area contributed by atoms with E-state index in [1.165, 1.54) is 0 Å². The minimum atomic E-state index is -0.904. The number of hydrogen-bond donors (Lipinski definition) is 2. The first-order valence-electron chi connectivity index (χ1n) is 11.8. The van der Waals surface area contributed by atoms with E-state index in [0.717, 1.165) is 33.6 Å². The van der Waals surface area contributed by atoms with Crippen molar-refractivity contribution in [1.82, 2.24) is 14.9 Å². The highest BCUT2D eigenvalue weighted by atomic mass is 16.4. The molecule has 0 fully saturated rings. The number of fused-ring (bicyclic) bond motifs is 1. The van der Waals surface area contributed by atoms with Crippen LogP contribution in [-0.2, 0) is 24.3 Å². The molecular formula is C29H27N3O3. The summed E-state index contributed by atoms with van der Waals surface area (Å²) in [6.45, 7) is 2.80. The highest BCUT2D eigenvalue weighted by Gasteiger charge is 2.34. The predicted octanol–water partition coefficient (Wildman–Crippen LogP) is 4.35. The van der Waals surface area contributed by atoms with Crippen molar-refractivity contribution in [2.75, 3.05) is 0 Å². The molecule has 0 spiro atoms. The third-order valence-corrected chi connectivity index (χ3v) is 6.54. The van der Waals surface area contributed by atoms with E-state index in [1.807, 2.05) is 90.4 Å². The van der Waals surface area contributed by atoms with Crippen LogP contribution < -0.4 is 5.32 Å². The minimum absolute atomic E-state index is 0.101. The summed E-state index contributed by atoms with van der Waals surface area (Å²) >= 11 is 0. The lowest BCUT2D eigenvalue weighted by atomic mass is 9.87. The molecule has 0 saturated carbocycles. The fourth-order valence-electron chi connectivity index (χ4n) is 4.83. The number of carbonyl (C=O) groups excluding carboxylic acids is 1. The van der Waals surface area contributed by atoms with Gasteiger partial charge in [-0.1, -0.05) is 90.5 Å². The van der Waals surface area contributed by atoms with Gasteiger partial charge < -0.3 is 9.67 Å². The normalized spacial score (nSPS) is 15.1. The number of aromatic nitrogens is 2. The number of nitrogens with one attached hydrogen (secondary N) is 1. The van der Waals surface area contributed by atoms with E-state index in [2.05, 4.69) is 11.4 Å². The van der Waals surface area contributed by atoms with E-state index in [0.29, 0.717) is 18.9 Å². The van der Waals surface area contributed by atoms with Gasteiger partial charge in [0.15, 0.2) is 5.82 Å². The Bertz CT molecular complexity index is 1320. The van der Waals surface area contributed by atoms with Crippen molar-refractivity contribution in [2.45, 2.75) is 38.4 Å². The minimum Gasteiger partial charge on any atom is -0.480 e. The van der Waals surface area contributed by atoms with Crippen molar-refractivity contribution >= 4 is 11.8 Å². The van der Waals surface area contributed by atoms with Gasteiger partial charge in [-0.2, -0.15) is 0 Å². The number of Topliss-reactive ketones (excluding diaryl/α,β-unsaturated/α-hetero) is 1. The maximum Gasteiger partial charge on any atom is 0.321 e. The van der Waals surface area contributed by atoms with Gasteiger partial charge in [-0.15, -0.1) is 0 Å². The molecule has 4 aromatic rings. The Morgan fingerprint density at radius 2 is 1.66 bits per heavy atom. The number of imidazole rings is 1. The zero-order valence-corrected chi connectivity index (χ0v) is 19.5. The van der Waals surface area contributed by atoms with E-state index in [9.17, 15) is 14.7 Å². The highest BCUT2D eigenvalue weighted by Crippen LogP contribution is 2.30. The third-order valence-electron chi connectivity index (χ3n) is 6.54. The van der Waals surface area contributed by atoms with Gasteiger partial charge in [-0.25, -0.2) is 4.98 Å². The zero-order valence-electron chi connectivity index (χ0n) is 19.5. The fraction of sp³-hybridized carbons (Fsp3) is 0.207. The van der Waals surface area contributed by atoms with E-state index >= 15 is 0 Å². The zero-order chi connectivity index (χ0) is 24.4. The Labute approximate surface area is 204 Å². The average molecular weight is 466 g/mol. The molecule has 0 bridgehead atoms. The first-order chi connectivity index (χ1) is 17.0. The van der Waals surface area contributed by atoms with Gasteiger partial charge in [0.05, 0.1) is 11.6 Å². The molecule has 1 atom stereocenters. The number of hydrogen-bond acceptors (Lipinski definition) is 4. The second-order valence-electron chi connectivity index (χ2n) is 9.00. The Kier molecular flexibility index (Phi) is 6.29. The molecule has 0 aliphatic carbocycles. The monoisotopic (exact) mass is 465 g/mol. The molecule has 2 N–H and O–H groups in total. The first kappa shape index (κ1) is 22.7. The van der Waals surface area contributed by atoms with Crippen LogP contribution in [0.5, 0.6) is 0 Å². The molecule has 2 heterocycles. The molecule has 176 valence electrons. The molecule has 1 aromatic heterocycles. The first-order valence-corrected chi connectivity index (χ1v) is 11.8. The molecule has 0 radical (unpaired) electrons. The van der Waals surface area contributed by atoms with Gasteiger partial charge in [0.1, 0.15) is 6.04 Å². The number of carboxylic acid groups (broad SMARTS) is 1. The molecule has 35 heavy (non-hydrogen) atoms. The summed E-state index contributed by atoms with van der Waals surface area (Å²) in [4.78, 5) is 30.8. The van der Waals surface area contributed by atoms with Gasteiger partial charge in [-0.05, 0) is 23.6 Å². The number of aliphatic carboxylic acids is 1. The lowest BCUT2D eigenvalue weighted by molar-refractivity contribution is -0.139. The number of aryl methyl sites for hydroxylation is 1. The highest BCUT2D eigenvalue weighted by molar-refractivity contribution is 6.00. The standard InChI is InChI=1S/C29H27N3O3/c1-19-9-8-10-20(15-19)18-32-25-16-23(29(34)35)30-17-24(25)31-28(32)27(33)26(21-11-4-2-5-12-21)22-13-6-3-7-14-22/h2-15,23,26,30H,16-18H2,1H3,(H,34,35). The Balaban J connectivity index is 1.63. The van der Waals surface area contributed by atoms with Gasteiger partial charge in [0, 0.05) is 25.2 Å². The molecule has 6 heteroatoms. The lowest BCUT2D eigenvalue weighted by Crippen LogP contribution is -2.42. The summed E-state index contributed by atoms with van der Waals surface area (Å²) < 4.78 is 1.93. The van der Waals surface area contributed by atoms with Crippen LogP contribution >= 0.6 is 0 Å². The Morgan fingerprint density at radius 3 is 2.26 bits per heavy atom. The van der Waals surface area contributed by atoms with Crippen LogP contribution in [-0.4, -0.2) is 32.5 Å². The van der Waals surface area contributed by atoms with E-state index in [4.69, 9.17) is 4.98 Å². The quantitative estimate of drug-likeness (QED) is 0.397. The molecule has 1 unspecified atom stereocenters. The van der Waals surface area contributed by atoms with Crippen molar-refractivity contribution in [3.05, 3.63) is 124 Å². The summed E-state index contributed by atoms with van der Waals surface area (Å²) in [5.41, 5.74) is 5.50. The smallest absolute Gasteiger partial charge is 0.321 e. The van der Waals surface area contributed by atoms with Crippen LogP contribution in [0.1, 0.15) is 50.2 Å². The molecule has 3 aromatic carbocycles. The molecule has 0 amide bonds. The third kappa shape index (κ3) is 4.66. The molecular weight excluding hydrogens is 438 g/mol. The Morgan fingerprint density at radius 1 is 1.00 bits per heavy atom. The lowest BCUT2D eigenvalue weighted by Gasteiger charge is -2.22. The number of rotatable bonds is 7. The van der Waals surface area contributed by atoms with Crippen LogP contribution in [0.2, 0.25) is 0 Å². The van der Waals surface area contributed by atoms with E-state index < -0.39 is 17.9 Å². The van der Waals surface area contributed by atoms with Gasteiger partial charge >= 0.3 is 5.97 Å². The number of nitrogens with zero attached hydrogens (tertiary/aromatic N) is 2. The molecule has 0 saturated heterocycles. The van der Waals surface area contributed by atoms with Crippen molar-refractivity contribution in [1.29, 1.82) is 0 Å². The number of carbonyl (C=O) groups is 2. The van der Waals surface area contributed by atoms with Crippen LogP contribution in [0.25, 0.3) is 0 Å². The molecule has 1 aliphatic rings. The molecule has 6 nitrogen and oxygen atoms in total. The summed E-state index contributed by atoms with van der Waals surface area (Å²) in [6.07, 6.45) is 0.276. The topological polar surface area (TPSA) is 84.2 Å². The van der Waals surface area contributed by atoms with Crippen LogP contribution in [0.4, 0.5) is 0 Å². The fourth-order valence-corrected chi connectivity index (χ4v) is 4.83. The predicted molar refractivity (Wildman–Crippen MR) is 134 cm³/mol. The van der Waals surface area contributed by atoms with E-state index in [-0.39, 0.29) is 12.2 Å². The van der Waals surface area contributed by atoms with Crippen molar-refractivity contribution in [2.24, 2.45) is 0 Å². The summed E-state index contributed by atoms with van der Waals surface area (Å²) in [5, 5.41) is 12.7. The summed E-state index contributed by atoms with van der Waals surface area (Å²) in [5.74, 6) is -1.16. The van der Waals surface area contributed by atoms with Gasteiger partial charge in [0.2, 0.25) is 5.78 Å². The van der Waals surface area contributed by atoms with Crippen LogP contribution in [0, 0.1) is 6.92 Å². The number of ketones is 1. The van der Waals surface area contributed by atoms with Crippen molar-refractivity contribution in [3.63, 3.8) is 0 Å². The van der Waals surface area contributed by atoms with Gasteiger partial charge in [0.25, 0.3) is 0 Å². The largest absolute Gasteiger partial charge is 0.480 e. The Hall–Kier alpha value is -4.03. The molecule has 5 rings (SSSR count). The maximum atomic E-state index is 14.2. The summed E-state index contributed by atoms with van der Waals surface area (Å²) in [6, 6.07) is 26.9. The van der Waals surface area contributed by atoms with Gasteiger partial charge in [-0.3, -0.25) is 14.9 Å². The average Bonchev–Trinajstić information content (AvgIpc) is 3.23. The van der Waals surface area contributed by atoms with Crippen molar-refractivity contribution < 1.29 is 14.7 Å².